The average Bonchev–Trinajstić information content (AvgIpc) is 2.64. The molecule has 0 aromatic carbocycles. The lowest BCUT2D eigenvalue weighted by Gasteiger charge is -2.17. The van der Waals surface area contributed by atoms with E-state index in [9.17, 15) is 0 Å². The van der Waals surface area contributed by atoms with Crippen molar-refractivity contribution < 1.29 is 4.42 Å². The molecule has 2 heterocycles. The van der Waals surface area contributed by atoms with Crippen molar-refractivity contribution >= 4 is 11.6 Å². The maximum absolute atomic E-state index is 5.60. The normalized spacial score (nSPS) is 10.4. The van der Waals surface area contributed by atoms with Crippen LogP contribution in [0.25, 0.3) is 0 Å². The predicted molar refractivity (Wildman–Crippen MR) is 62.0 cm³/mol. The van der Waals surface area contributed by atoms with Crippen LogP contribution in [-0.4, -0.2) is 17.0 Å². The van der Waals surface area contributed by atoms with Crippen LogP contribution in [0.1, 0.15) is 11.3 Å². The maximum atomic E-state index is 5.60. The SMILES string of the molecule is Cc1occc1CN(C)c1cc(N)ncn1. The molecule has 2 rings (SSSR count). The Balaban J connectivity index is 2.14. The van der Waals surface area contributed by atoms with Crippen LogP contribution in [0, 0.1) is 6.92 Å². The van der Waals surface area contributed by atoms with E-state index in [4.69, 9.17) is 10.2 Å². The minimum Gasteiger partial charge on any atom is -0.469 e. The van der Waals surface area contributed by atoms with E-state index in [-0.39, 0.29) is 0 Å². The number of hydrogen-bond acceptors (Lipinski definition) is 5. The van der Waals surface area contributed by atoms with E-state index in [0.717, 1.165) is 23.7 Å². The molecular formula is C11H14N4O. The lowest BCUT2D eigenvalue weighted by Crippen LogP contribution is -2.18. The molecule has 16 heavy (non-hydrogen) atoms. The summed E-state index contributed by atoms with van der Waals surface area (Å²) in [6, 6.07) is 3.70. The Hall–Kier alpha value is -2.04. The average molecular weight is 218 g/mol. The summed E-state index contributed by atoms with van der Waals surface area (Å²) >= 11 is 0. The number of furan rings is 1. The van der Waals surface area contributed by atoms with Crippen molar-refractivity contribution in [1.29, 1.82) is 0 Å². The van der Waals surface area contributed by atoms with Gasteiger partial charge >= 0.3 is 0 Å². The van der Waals surface area contributed by atoms with Crippen molar-refractivity contribution in [3.63, 3.8) is 0 Å². The first-order valence-corrected chi connectivity index (χ1v) is 4.98. The van der Waals surface area contributed by atoms with Crippen LogP contribution in [0.3, 0.4) is 0 Å². The third kappa shape index (κ3) is 2.13. The number of nitrogens with two attached hydrogens (primary N) is 1. The zero-order valence-electron chi connectivity index (χ0n) is 9.34. The van der Waals surface area contributed by atoms with Crippen LogP contribution < -0.4 is 10.6 Å². The van der Waals surface area contributed by atoms with Crippen molar-refractivity contribution in [3.05, 3.63) is 36.0 Å². The number of rotatable bonds is 3. The monoisotopic (exact) mass is 218 g/mol. The lowest BCUT2D eigenvalue weighted by molar-refractivity contribution is 0.529. The highest BCUT2D eigenvalue weighted by Crippen LogP contribution is 2.16. The van der Waals surface area contributed by atoms with Gasteiger partial charge in [-0.05, 0) is 13.0 Å². The second-order valence-corrected chi connectivity index (χ2v) is 3.66. The molecule has 0 radical (unpaired) electrons. The number of nitrogens with zero attached hydrogens (tertiary/aromatic N) is 3. The smallest absolute Gasteiger partial charge is 0.134 e. The number of hydrogen-bond donors (Lipinski definition) is 1. The molecule has 0 aliphatic rings. The van der Waals surface area contributed by atoms with Crippen LogP contribution in [-0.2, 0) is 6.54 Å². The lowest BCUT2D eigenvalue weighted by atomic mass is 10.2. The molecule has 84 valence electrons. The van der Waals surface area contributed by atoms with Gasteiger partial charge in [-0.3, -0.25) is 0 Å². The highest BCUT2D eigenvalue weighted by Gasteiger charge is 2.07. The van der Waals surface area contributed by atoms with Crippen molar-refractivity contribution in [2.24, 2.45) is 0 Å². The van der Waals surface area contributed by atoms with Gasteiger partial charge in [0.05, 0.1) is 6.26 Å². The summed E-state index contributed by atoms with van der Waals surface area (Å²) in [5.41, 5.74) is 6.74. The molecule has 0 fully saturated rings. The van der Waals surface area contributed by atoms with E-state index in [1.165, 1.54) is 6.33 Å². The second-order valence-electron chi connectivity index (χ2n) is 3.66. The van der Waals surface area contributed by atoms with Crippen LogP contribution in [0.5, 0.6) is 0 Å². The molecular weight excluding hydrogens is 204 g/mol. The summed E-state index contributed by atoms with van der Waals surface area (Å²) in [6.45, 7) is 2.68. The second kappa shape index (κ2) is 4.22. The molecule has 0 atom stereocenters. The number of nitrogen functional groups attached to an aromatic ring is 1. The molecule has 0 unspecified atom stereocenters. The van der Waals surface area contributed by atoms with Crippen molar-refractivity contribution in [3.8, 4) is 0 Å². The first kappa shape index (κ1) is 10.5. The minimum absolute atomic E-state index is 0.473. The van der Waals surface area contributed by atoms with E-state index in [0.29, 0.717) is 5.82 Å². The van der Waals surface area contributed by atoms with E-state index >= 15 is 0 Å². The summed E-state index contributed by atoms with van der Waals surface area (Å²) < 4.78 is 5.24. The molecule has 5 heteroatoms. The van der Waals surface area contributed by atoms with E-state index < -0.39 is 0 Å². The Labute approximate surface area is 93.9 Å². The molecule has 0 saturated carbocycles. The number of aromatic nitrogens is 2. The largest absolute Gasteiger partial charge is 0.469 e. The molecule has 0 aliphatic carbocycles. The van der Waals surface area contributed by atoms with Crippen molar-refractivity contribution in [2.75, 3.05) is 17.7 Å². The zero-order chi connectivity index (χ0) is 11.5. The van der Waals surface area contributed by atoms with Gasteiger partial charge in [0.15, 0.2) is 0 Å². The number of anilines is 2. The fourth-order valence-electron chi connectivity index (χ4n) is 1.48. The van der Waals surface area contributed by atoms with Gasteiger partial charge in [-0.1, -0.05) is 0 Å². The summed E-state index contributed by atoms with van der Waals surface area (Å²) in [5, 5.41) is 0. The molecule has 0 saturated heterocycles. The Morgan fingerprint density at radius 1 is 1.44 bits per heavy atom. The molecule has 2 N–H and O–H groups in total. The molecule has 0 aliphatic heterocycles. The quantitative estimate of drug-likeness (QED) is 0.847. The summed E-state index contributed by atoms with van der Waals surface area (Å²) in [5.74, 6) is 2.20. The van der Waals surface area contributed by atoms with Gasteiger partial charge in [0.25, 0.3) is 0 Å². The standard InChI is InChI=1S/C11H14N4O/c1-8-9(3-4-16-8)6-15(2)11-5-10(12)13-7-14-11/h3-5,7H,6H2,1-2H3,(H2,12,13,14). The van der Waals surface area contributed by atoms with Gasteiger partial charge in [0.2, 0.25) is 0 Å². The van der Waals surface area contributed by atoms with Crippen LogP contribution in [0.2, 0.25) is 0 Å². The van der Waals surface area contributed by atoms with Crippen molar-refractivity contribution in [2.45, 2.75) is 13.5 Å². The third-order valence-electron chi connectivity index (χ3n) is 2.44. The minimum atomic E-state index is 0.473. The van der Waals surface area contributed by atoms with E-state index in [2.05, 4.69) is 9.97 Å². The predicted octanol–water partition coefficient (Wildman–Crippen LogP) is 1.60. The summed E-state index contributed by atoms with van der Waals surface area (Å²) in [7, 11) is 1.95. The van der Waals surface area contributed by atoms with Crippen LogP contribution >= 0.6 is 0 Å². The topological polar surface area (TPSA) is 68.2 Å². The first-order valence-electron chi connectivity index (χ1n) is 4.98. The molecule has 2 aromatic heterocycles. The Morgan fingerprint density at radius 2 is 2.25 bits per heavy atom. The zero-order valence-corrected chi connectivity index (χ0v) is 9.34. The molecule has 0 amide bonds. The van der Waals surface area contributed by atoms with Gasteiger partial charge in [0, 0.05) is 25.2 Å². The Bertz CT molecular complexity index is 480. The van der Waals surface area contributed by atoms with E-state index in [1.54, 1.807) is 12.3 Å². The molecule has 2 aromatic rings. The van der Waals surface area contributed by atoms with Crippen molar-refractivity contribution in [1.82, 2.24) is 9.97 Å². The molecule has 0 bridgehead atoms. The fourth-order valence-corrected chi connectivity index (χ4v) is 1.48. The fraction of sp³-hybridized carbons (Fsp3) is 0.273. The molecule has 0 spiro atoms. The van der Waals surface area contributed by atoms with Gasteiger partial charge in [-0.25, -0.2) is 9.97 Å². The highest BCUT2D eigenvalue weighted by atomic mass is 16.3. The van der Waals surface area contributed by atoms with Gasteiger partial charge in [0.1, 0.15) is 23.7 Å². The Kier molecular flexibility index (Phi) is 2.76. The third-order valence-corrected chi connectivity index (χ3v) is 2.44. The van der Waals surface area contributed by atoms with Crippen LogP contribution in [0.15, 0.2) is 29.1 Å². The number of aryl methyl sites for hydroxylation is 1. The summed E-state index contributed by atoms with van der Waals surface area (Å²) in [6.07, 6.45) is 3.15. The maximum Gasteiger partial charge on any atom is 0.134 e. The van der Waals surface area contributed by atoms with E-state index in [1.807, 2.05) is 24.9 Å². The molecule has 5 nitrogen and oxygen atoms in total. The Morgan fingerprint density at radius 3 is 2.88 bits per heavy atom. The van der Waals surface area contributed by atoms with Gasteiger partial charge in [-0.15, -0.1) is 0 Å². The first-order chi connectivity index (χ1) is 7.66. The van der Waals surface area contributed by atoms with Gasteiger partial charge in [-0.2, -0.15) is 0 Å². The summed E-state index contributed by atoms with van der Waals surface area (Å²) in [4.78, 5) is 10.0. The van der Waals surface area contributed by atoms with Gasteiger partial charge < -0.3 is 15.1 Å². The van der Waals surface area contributed by atoms with Crippen LogP contribution in [0.4, 0.5) is 11.6 Å². The highest BCUT2D eigenvalue weighted by molar-refractivity contribution is 5.45.